The molecule has 0 nitrogen and oxygen atoms in total. The average molecular weight is 118 g/mol. The van der Waals surface area contributed by atoms with Crippen molar-refractivity contribution in [1.82, 2.24) is 0 Å². The molecule has 0 N–H and O–H groups in total. The lowest BCUT2D eigenvalue weighted by Gasteiger charge is -1.88. The van der Waals surface area contributed by atoms with Crippen molar-refractivity contribution < 1.29 is 0 Å². The molecule has 0 aliphatic heterocycles. The highest BCUT2D eigenvalue weighted by atomic mass is 13.8. The van der Waals surface area contributed by atoms with Gasteiger partial charge in [-0.2, -0.15) is 0 Å². The molecule has 0 saturated carbocycles. The van der Waals surface area contributed by atoms with Crippen LogP contribution in [0.2, 0.25) is 0 Å². The summed E-state index contributed by atoms with van der Waals surface area (Å²) >= 11 is 0. The fourth-order valence-electron chi connectivity index (χ4n) is 0.693. The zero-order valence-electron chi connectivity index (χ0n) is 5.59. The van der Waals surface area contributed by atoms with Gasteiger partial charge in [-0.25, -0.2) is 0 Å². The highest BCUT2D eigenvalue weighted by Gasteiger charge is 1.78. The van der Waals surface area contributed by atoms with Gasteiger partial charge in [0.1, 0.15) is 0 Å². The molecule has 0 aromatic carbocycles. The maximum atomic E-state index is 3.04. The molecule has 0 amide bonds. The summed E-state index contributed by atoms with van der Waals surface area (Å²) in [5.74, 6) is 0. The van der Waals surface area contributed by atoms with Crippen LogP contribution in [0.5, 0.6) is 0 Å². The van der Waals surface area contributed by atoms with Gasteiger partial charge in [0.25, 0.3) is 0 Å². The maximum Gasteiger partial charge on any atom is -0.00897 e. The van der Waals surface area contributed by atoms with E-state index in [1.807, 2.05) is 18.2 Å². The third-order valence-corrected chi connectivity index (χ3v) is 1.19. The van der Waals surface area contributed by atoms with Gasteiger partial charge in [-0.15, -0.1) is 5.73 Å². The topological polar surface area (TPSA) is 0 Å². The standard InChI is InChI=1S/C9H10/c1-9-7-5-3-2-4-6-8-9/h2,5-8H,3H2,1H3. The molecular weight excluding hydrogens is 108 g/mol. The van der Waals surface area contributed by atoms with Gasteiger partial charge < -0.3 is 0 Å². The smallest absolute Gasteiger partial charge is 0.00897 e. The lowest BCUT2D eigenvalue weighted by molar-refractivity contribution is 1.36. The van der Waals surface area contributed by atoms with E-state index in [-0.39, 0.29) is 0 Å². The largest absolute Gasteiger partial charge is 0.125 e. The molecule has 1 aliphatic rings. The number of hydrogen-bond donors (Lipinski definition) is 0. The Bertz CT molecular complexity index is 198. The average Bonchev–Trinajstić information content (AvgIpc) is 1.79. The molecule has 0 aromatic heterocycles. The zero-order valence-corrected chi connectivity index (χ0v) is 5.59. The van der Waals surface area contributed by atoms with E-state index in [0.717, 1.165) is 6.42 Å². The van der Waals surface area contributed by atoms with Crippen molar-refractivity contribution in [1.29, 1.82) is 0 Å². The first-order valence-electron chi connectivity index (χ1n) is 3.14. The van der Waals surface area contributed by atoms with Gasteiger partial charge >= 0.3 is 0 Å². The second kappa shape index (κ2) is 3.11. The van der Waals surface area contributed by atoms with E-state index in [1.54, 1.807) is 0 Å². The third-order valence-electron chi connectivity index (χ3n) is 1.19. The molecule has 0 fully saturated rings. The zero-order chi connectivity index (χ0) is 6.53. The quantitative estimate of drug-likeness (QED) is 0.429. The second-order valence-corrected chi connectivity index (χ2v) is 2.09. The van der Waals surface area contributed by atoms with Gasteiger partial charge in [0, 0.05) is 0 Å². The van der Waals surface area contributed by atoms with Crippen LogP contribution >= 0.6 is 0 Å². The summed E-state index contributed by atoms with van der Waals surface area (Å²) in [4.78, 5) is 0. The van der Waals surface area contributed by atoms with E-state index in [1.165, 1.54) is 5.57 Å². The van der Waals surface area contributed by atoms with Gasteiger partial charge in [-0.05, 0) is 25.5 Å². The van der Waals surface area contributed by atoms with Gasteiger partial charge in [0.2, 0.25) is 0 Å². The van der Waals surface area contributed by atoms with Crippen LogP contribution in [-0.2, 0) is 0 Å². The minimum atomic E-state index is 1.00. The van der Waals surface area contributed by atoms with Crippen molar-refractivity contribution in [3.63, 3.8) is 0 Å². The first-order valence-corrected chi connectivity index (χ1v) is 3.14. The van der Waals surface area contributed by atoms with Crippen molar-refractivity contribution in [3.8, 4) is 0 Å². The van der Waals surface area contributed by atoms with Crippen LogP contribution in [0.25, 0.3) is 0 Å². The van der Waals surface area contributed by atoms with Crippen LogP contribution in [0, 0.1) is 0 Å². The van der Waals surface area contributed by atoms with Crippen molar-refractivity contribution in [3.05, 3.63) is 41.7 Å². The van der Waals surface area contributed by atoms with Crippen LogP contribution in [0.15, 0.2) is 41.7 Å². The molecule has 46 valence electrons. The van der Waals surface area contributed by atoms with Crippen LogP contribution in [-0.4, -0.2) is 0 Å². The normalized spacial score (nSPS) is 16.8. The third kappa shape index (κ3) is 2.16. The van der Waals surface area contributed by atoms with Crippen LogP contribution in [0.3, 0.4) is 0 Å². The fourth-order valence-corrected chi connectivity index (χ4v) is 0.693. The van der Waals surface area contributed by atoms with E-state index < -0.39 is 0 Å². The van der Waals surface area contributed by atoms with Gasteiger partial charge in [0.05, 0.1) is 0 Å². The minimum absolute atomic E-state index is 1.00. The number of allylic oxidation sites excluding steroid dienone is 5. The molecule has 0 unspecified atom stereocenters. The summed E-state index contributed by atoms with van der Waals surface area (Å²) < 4.78 is 0. The van der Waals surface area contributed by atoms with Crippen LogP contribution < -0.4 is 0 Å². The maximum absolute atomic E-state index is 3.04. The van der Waals surface area contributed by atoms with Crippen LogP contribution in [0.1, 0.15) is 13.3 Å². The van der Waals surface area contributed by atoms with Crippen molar-refractivity contribution >= 4 is 0 Å². The molecule has 0 aromatic rings. The Labute approximate surface area is 55.9 Å². The summed E-state index contributed by atoms with van der Waals surface area (Å²) in [6.45, 7) is 2.08. The molecule has 1 rings (SSSR count). The molecule has 9 heavy (non-hydrogen) atoms. The molecule has 1 aliphatic carbocycles. The highest BCUT2D eigenvalue weighted by molar-refractivity contribution is 5.23. The Morgan fingerprint density at radius 2 is 2.44 bits per heavy atom. The molecule has 0 spiro atoms. The molecule has 0 heteroatoms. The number of hydrogen-bond acceptors (Lipinski definition) is 0. The first kappa shape index (κ1) is 6.12. The SMILES string of the molecule is CC1=CC=C=CCC=C1. The minimum Gasteiger partial charge on any atom is -0.125 e. The van der Waals surface area contributed by atoms with E-state index >= 15 is 0 Å². The summed E-state index contributed by atoms with van der Waals surface area (Å²) in [7, 11) is 0. The Morgan fingerprint density at radius 3 is 3.33 bits per heavy atom. The Kier molecular flexibility index (Phi) is 2.12. The Hall–Kier alpha value is -1.00. The fraction of sp³-hybridized carbons (Fsp3) is 0.222. The Balaban J connectivity index is 2.82. The second-order valence-electron chi connectivity index (χ2n) is 2.09. The molecule has 0 saturated heterocycles. The number of rotatable bonds is 0. The van der Waals surface area contributed by atoms with Crippen molar-refractivity contribution in [2.24, 2.45) is 0 Å². The Morgan fingerprint density at radius 1 is 1.56 bits per heavy atom. The van der Waals surface area contributed by atoms with E-state index in [4.69, 9.17) is 0 Å². The van der Waals surface area contributed by atoms with Gasteiger partial charge in [0.15, 0.2) is 0 Å². The predicted octanol–water partition coefficient (Wildman–Crippen LogP) is 2.60. The van der Waals surface area contributed by atoms with Crippen molar-refractivity contribution in [2.75, 3.05) is 0 Å². The monoisotopic (exact) mass is 118 g/mol. The van der Waals surface area contributed by atoms with Crippen LogP contribution in [0.4, 0.5) is 0 Å². The summed E-state index contributed by atoms with van der Waals surface area (Å²) in [6, 6.07) is 0. The lowest BCUT2D eigenvalue weighted by atomic mass is 10.2. The summed E-state index contributed by atoms with van der Waals surface area (Å²) in [5.41, 5.74) is 4.33. The van der Waals surface area contributed by atoms with E-state index in [0.29, 0.717) is 0 Å². The summed E-state index contributed by atoms with van der Waals surface area (Å²) in [6.07, 6.45) is 11.3. The van der Waals surface area contributed by atoms with E-state index in [9.17, 15) is 0 Å². The van der Waals surface area contributed by atoms with Crippen molar-refractivity contribution in [2.45, 2.75) is 13.3 Å². The molecular formula is C9H10. The lowest BCUT2D eigenvalue weighted by Crippen LogP contribution is -1.67. The molecule has 0 radical (unpaired) electrons. The highest BCUT2D eigenvalue weighted by Crippen LogP contribution is 1.98. The first-order chi connectivity index (χ1) is 4.39. The summed E-state index contributed by atoms with van der Waals surface area (Å²) in [5, 5.41) is 0. The van der Waals surface area contributed by atoms with E-state index in [2.05, 4.69) is 24.8 Å². The molecule has 0 heterocycles. The van der Waals surface area contributed by atoms with Gasteiger partial charge in [-0.1, -0.05) is 23.8 Å². The van der Waals surface area contributed by atoms with Gasteiger partial charge in [-0.3, -0.25) is 0 Å². The molecule has 0 atom stereocenters. The predicted molar refractivity (Wildman–Crippen MR) is 40.2 cm³/mol. The molecule has 0 bridgehead atoms.